The number of hydrogen-bond donors (Lipinski definition) is 2. The molecule has 0 radical (unpaired) electrons. The Morgan fingerprint density at radius 3 is 2.32 bits per heavy atom. The zero-order chi connectivity index (χ0) is 15.4. The summed E-state index contributed by atoms with van der Waals surface area (Å²) in [5.41, 5.74) is 7.76. The number of amides is 2. The summed E-state index contributed by atoms with van der Waals surface area (Å²) in [7, 11) is 0. The second-order valence-corrected chi connectivity index (χ2v) is 4.57. The normalized spacial score (nSPS) is 10.2. The van der Waals surface area contributed by atoms with Crippen molar-refractivity contribution < 1.29 is 9.32 Å². The van der Waals surface area contributed by atoms with Crippen molar-refractivity contribution in [3.8, 4) is 0 Å². The maximum Gasteiger partial charge on any atom is 0.333 e. The second-order valence-electron chi connectivity index (χ2n) is 4.57. The van der Waals surface area contributed by atoms with E-state index in [1.165, 1.54) is 11.1 Å². The van der Waals surface area contributed by atoms with Gasteiger partial charge in [0.1, 0.15) is 0 Å². The van der Waals surface area contributed by atoms with Crippen molar-refractivity contribution in [2.75, 3.05) is 16.0 Å². The number of benzene rings is 2. The summed E-state index contributed by atoms with van der Waals surface area (Å²) in [6.07, 6.45) is 1.46. The summed E-state index contributed by atoms with van der Waals surface area (Å²) in [5, 5.41) is 6.23. The average Bonchev–Trinajstić information content (AvgIpc) is 3.03. The van der Waals surface area contributed by atoms with Crippen LogP contribution in [0.2, 0.25) is 0 Å². The van der Waals surface area contributed by atoms with Crippen molar-refractivity contribution >= 4 is 29.0 Å². The molecular weight excluding hydrogens is 280 g/mol. The molecule has 0 fully saturated rings. The van der Waals surface area contributed by atoms with Crippen molar-refractivity contribution in [1.82, 2.24) is 5.16 Å². The minimum atomic E-state index is -0.354. The van der Waals surface area contributed by atoms with Gasteiger partial charge in [-0.25, -0.2) is 4.79 Å². The topological polar surface area (TPSA) is 84.4 Å². The van der Waals surface area contributed by atoms with Gasteiger partial charge in [-0.3, -0.25) is 10.2 Å². The zero-order valence-electron chi connectivity index (χ0n) is 11.6. The fourth-order valence-corrected chi connectivity index (χ4v) is 2.03. The first-order valence-electron chi connectivity index (χ1n) is 6.66. The van der Waals surface area contributed by atoms with Crippen LogP contribution in [0.25, 0.3) is 0 Å². The highest BCUT2D eigenvalue weighted by atomic mass is 16.5. The highest BCUT2D eigenvalue weighted by Gasteiger charge is 2.19. The Kier molecular flexibility index (Phi) is 3.74. The minimum Gasteiger partial charge on any atom is -0.399 e. The number of nitrogens with one attached hydrogen (secondary N) is 1. The molecule has 0 atom stereocenters. The number of nitrogens with two attached hydrogens (primary N) is 1. The molecule has 2 amide bonds. The number of rotatable bonds is 3. The largest absolute Gasteiger partial charge is 0.399 e. The second kappa shape index (κ2) is 6.01. The lowest BCUT2D eigenvalue weighted by atomic mass is 10.2. The monoisotopic (exact) mass is 294 g/mol. The number of carbonyl (C=O) groups excluding carboxylic acids is 1. The van der Waals surface area contributed by atoms with E-state index in [1.54, 1.807) is 30.3 Å². The summed E-state index contributed by atoms with van der Waals surface area (Å²) in [5.74, 6) is 0.279. The van der Waals surface area contributed by atoms with E-state index in [-0.39, 0.29) is 11.9 Å². The lowest BCUT2D eigenvalue weighted by Crippen LogP contribution is -2.30. The van der Waals surface area contributed by atoms with Crippen LogP contribution in [0, 0.1) is 0 Å². The van der Waals surface area contributed by atoms with Crippen molar-refractivity contribution in [2.24, 2.45) is 0 Å². The zero-order valence-corrected chi connectivity index (χ0v) is 11.6. The summed E-state index contributed by atoms with van der Waals surface area (Å²) < 4.78 is 4.92. The maximum atomic E-state index is 12.6. The Bertz CT molecular complexity index is 740. The quantitative estimate of drug-likeness (QED) is 0.722. The molecule has 110 valence electrons. The Labute approximate surface area is 127 Å². The first-order chi connectivity index (χ1) is 10.7. The molecule has 2 aromatic carbocycles. The lowest BCUT2D eigenvalue weighted by Gasteiger charge is -2.22. The van der Waals surface area contributed by atoms with Gasteiger partial charge in [0, 0.05) is 11.8 Å². The van der Waals surface area contributed by atoms with Gasteiger partial charge in [0.15, 0.2) is 0 Å². The van der Waals surface area contributed by atoms with Gasteiger partial charge in [0.25, 0.3) is 0 Å². The van der Waals surface area contributed by atoms with Gasteiger partial charge in [-0.1, -0.05) is 23.4 Å². The van der Waals surface area contributed by atoms with E-state index in [0.29, 0.717) is 11.4 Å². The number of anilines is 4. The standard InChI is InChI=1S/C16H14N4O2/c17-12-6-8-14(9-7-12)20(13-4-2-1-3-5-13)16(21)19-15-10-11-18-22-15/h1-11H,17H2,(H,19,21). The molecule has 6 heteroatoms. The fourth-order valence-electron chi connectivity index (χ4n) is 2.03. The molecule has 3 rings (SSSR count). The van der Waals surface area contributed by atoms with Gasteiger partial charge in [-0.15, -0.1) is 0 Å². The molecule has 0 aliphatic carbocycles. The predicted molar refractivity (Wildman–Crippen MR) is 85.0 cm³/mol. The van der Waals surface area contributed by atoms with Crippen LogP contribution in [0.4, 0.5) is 27.7 Å². The number of aromatic nitrogens is 1. The SMILES string of the molecule is Nc1ccc(N(C(=O)Nc2ccno2)c2ccccc2)cc1. The number of hydrogen-bond acceptors (Lipinski definition) is 4. The fraction of sp³-hybridized carbons (Fsp3) is 0. The van der Waals surface area contributed by atoms with Crippen molar-refractivity contribution in [3.05, 3.63) is 66.9 Å². The maximum absolute atomic E-state index is 12.6. The van der Waals surface area contributed by atoms with Crippen LogP contribution in [0.3, 0.4) is 0 Å². The summed E-state index contributed by atoms with van der Waals surface area (Å²) in [6.45, 7) is 0. The summed E-state index contributed by atoms with van der Waals surface area (Å²) >= 11 is 0. The van der Waals surface area contributed by atoms with Gasteiger partial charge in [-0.05, 0) is 36.4 Å². The van der Waals surface area contributed by atoms with Crippen LogP contribution in [-0.4, -0.2) is 11.2 Å². The molecule has 22 heavy (non-hydrogen) atoms. The molecule has 0 saturated carbocycles. The van der Waals surface area contributed by atoms with Crippen LogP contribution in [-0.2, 0) is 0 Å². The first kappa shape index (κ1) is 13.7. The lowest BCUT2D eigenvalue weighted by molar-refractivity contribution is 0.258. The molecule has 0 saturated heterocycles. The van der Waals surface area contributed by atoms with E-state index in [2.05, 4.69) is 10.5 Å². The van der Waals surface area contributed by atoms with E-state index < -0.39 is 0 Å². The Morgan fingerprint density at radius 2 is 1.68 bits per heavy atom. The minimum absolute atomic E-state index is 0.279. The highest BCUT2D eigenvalue weighted by molar-refractivity contribution is 6.06. The van der Waals surface area contributed by atoms with Crippen LogP contribution in [0.1, 0.15) is 0 Å². The third-order valence-corrected chi connectivity index (χ3v) is 3.04. The molecule has 0 bridgehead atoms. The number of nitrogen functional groups attached to an aromatic ring is 1. The van der Waals surface area contributed by atoms with E-state index in [9.17, 15) is 4.79 Å². The van der Waals surface area contributed by atoms with E-state index >= 15 is 0 Å². The van der Waals surface area contributed by atoms with Crippen LogP contribution >= 0.6 is 0 Å². The highest BCUT2D eigenvalue weighted by Crippen LogP contribution is 2.27. The van der Waals surface area contributed by atoms with Crippen molar-refractivity contribution in [1.29, 1.82) is 0 Å². The van der Waals surface area contributed by atoms with Gasteiger partial charge >= 0.3 is 6.03 Å². The molecule has 3 aromatic rings. The average molecular weight is 294 g/mol. The molecule has 0 aliphatic heterocycles. The predicted octanol–water partition coefficient (Wildman–Crippen LogP) is 3.63. The smallest absolute Gasteiger partial charge is 0.333 e. The Hall–Kier alpha value is -3.28. The van der Waals surface area contributed by atoms with E-state index in [0.717, 1.165) is 5.69 Å². The third kappa shape index (κ3) is 2.90. The van der Waals surface area contributed by atoms with E-state index in [4.69, 9.17) is 10.3 Å². The number of nitrogens with zero attached hydrogens (tertiary/aromatic N) is 2. The molecule has 0 aliphatic rings. The number of carbonyl (C=O) groups is 1. The van der Waals surface area contributed by atoms with Crippen LogP contribution < -0.4 is 16.0 Å². The van der Waals surface area contributed by atoms with E-state index in [1.807, 2.05) is 30.3 Å². The Balaban J connectivity index is 1.95. The van der Waals surface area contributed by atoms with Gasteiger partial charge < -0.3 is 10.3 Å². The molecule has 1 aromatic heterocycles. The number of para-hydroxylation sites is 1. The molecule has 6 nitrogen and oxygen atoms in total. The summed E-state index contributed by atoms with van der Waals surface area (Å²) in [6, 6.07) is 17.6. The number of urea groups is 1. The van der Waals surface area contributed by atoms with Gasteiger partial charge in [0.2, 0.25) is 5.88 Å². The molecule has 3 N–H and O–H groups in total. The Morgan fingerprint density at radius 1 is 1.00 bits per heavy atom. The molecular formula is C16H14N4O2. The van der Waals surface area contributed by atoms with Crippen LogP contribution in [0.15, 0.2) is 71.4 Å². The van der Waals surface area contributed by atoms with Gasteiger partial charge in [-0.2, -0.15) is 0 Å². The first-order valence-corrected chi connectivity index (χ1v) is 6.66. The third-order valence-electron chi connectivity index (χ3n) is 3.04. The summed E-state index contributed by atoms with van der Waals surface area (Å²) in [4.78, 5) is 14.1. The van der Waals surface area contributed by atoms with Crippen molar-refractivity contribution in [3.63, 3.8) is 0 Å². The van der Waals surface area contributed by atoms with Crippen molar-refractivity contribution in [2.45, 2.75) is 0 Å². The molecule has 1 heterocycles. The van der Waals surface area contributed by atoms with Gasteiger partial charge in [0.05, 0.1) is 17.6 Å². The molecule has 0 unspecified atom stereocenters. The van der Waals surface area contributed by atoms with Crippen LogP contribution in [0.5, 0.6) is 0 Å². The molecule has 0 spiro atoms.